The van der Waals surface area contributed by atoms with Gasteiger partial charge in [-0.15, -0.1) is 0 Å². The molecule has 0 saturated carbocycles. The number of aryl methyl sites for hydroxylation is 1. The van der Waals surface area contributed by atoms with Crippen molar-refractivity contribution in [2.75, 3.05) is 0 Å². The van der Waals surface area contributed by atoms with Gasteiger partial charge in [-0.1, -0.05) is 0 Å². The molecule has 0 aliphatic rings. The molecule has 0 unspecified atom stereocenters. The molecule has 3 nitrogen and oxygen atoms in total. The summed E-state index contributed by atoms with van der Waals surface area (Å²) >= 11 is 0. The van der Waals surface area contributed by atoms with E-state index in [1.807, 2.05) is 0 Å². The second kappa shape index (κ2) is 4.45. The maximum absolute atomic E-state index is 11.8. The summed E-state index contributed by atoms with van der Waals surface area (Å²) in [6.07, 6.45) is -1.72. The van der Waals surface area contributed by atoms with Gasteiger partial charge in [0.2, 0.25) is 0 Å². The van der Waals surface area contributed by atoms with E-state index < -0.39 is 12.6 Å². The number of hydrogen-bond acceptors (Lipinski definition) is 2. The third-order valence-electron chi connectivity index (χ3n) is 1.87. The molecular formula is C8H12F3N3. The number of alkyl halides is 3. The molecule has 0 saturated heterocycles. The molecule has 0 aliphatic heterocycles. The van der Waals surface area contributed by atoms with Gasteiger partial charge >= 0.3 is 6.18 Å². The minimum absolute atomic E-state index is 0.0624. The SMILES string of the molecule is NCc1cncn1CCCC(F)(F)F. The zero-order valence-electron chi connectivity index (χ0n) is 7.59. The second-order valence-electron chi connectivity index (χ2n) is 3.00. The molecule has 80 valence electrons. The van der Waals surface area contributed by atoms with Crippen LogP contribution in [0, 0.1) is 0 Å². The maximum atomic E-state index is 11.8. The summed E-state index contributed by atoms with van der Waals surface area (Å²) in [5.41, 5.74) is 6.13. The topological polar surface area (TPSA) is 43.8 Å². The van der Waals surface area contributed by atoms with Gasteiger partial charge in [0.05, 0.1) is 12.0 Å². The summed E-state index contributed by atoms with van der Waals surface area (Å²) in [5, 5.41) is 0. The van der Waals surface area contributed by atoms with Crippen molar-refractivity contribution in [3.05, 3.63) is 18.2 Å². The average molecular weight is 207 g/mol. The van der Waals surface area contributed by atoms with Crippen LogP contribution in [0.3, 0.4) is 0 Å². The van der Waals surface area contributed by atoms with Crippen molar-refractivity contribution in [1.29, 1.82) is 0 Å². The van der Waals surface area contributed by atoms with Gasteiger partial charge in [-0.05, 0) is 6.42 Å². The van der Waals surface area contributed by atoms with Crippen molar-refractivity contribution in [3.63, 3.8) is 0 Å². The van der Waals surface area contributed by atoms with Crippen LogP contribution in [0.5, 0.6) is 0 Å². The number of imidazole rings is 1. The lowest BCUT2D eigenvalue weighted by Crippen LogP contribution is -2.11. The molecule has 2 N–H and O–H groups in total. The van der Waals surface area contributed by atoms with Crippen LogP contribution in [-0.2, 0) is 13.1 Å². The molecule has 1 rings (SSSR count). The number of hydrogen-bond donors (Lipinski definition) is 1. The Kier molecular flexibility index (Phi) is 3.51. The number of nitrogens with two attached hydrogens (primary N) is 1. The lowest BCUT2D eigenvalue weighted by atomic mass is 10.3. The number of halogens is 3. The maximum Gasteiger partial charge on any atom is 0.389 e. The summed E-state index contributed by atoms with van der Waals surface area (Å²) in [6.45, 7) is 0.609. The van der Waals surface area contributed by atoms with E-state index in [0.717, 1.165) is 5.69 Å². The average Bonchev–Trinajstić information content (AvgIpc) is 2.49. The van der Waals surface area contributed by atoms with Gasteiger partial charge in [0.25, 0.3) is 0 Å². The Morgan fingerprint density at radius 1 is 1.43 bits per heavy atom. The lowest BCUT2D eigenvalue weighted by Gasteiger charge is -2.08. The normalized spacial score (nSPS) is 12.0. The standard InChI is InChI=1S/C8H12F3N3/c9-8(10,11)2-1-3-14-6-13-5-7(14)4-12/h5-6H,1-4,12H2. The summed E-state index contributed by atoms with van der Waals surface area (Å²) < 4.78 is 37.1. The highest BCUT2D eigenvalue weighted by molar-refractivity contribution is 4.96. The predicted octanol–water partition coefficient (Wildman–Crippen LogP) is 1.68. The molecule has 0 radical (unpaired) electrons. The fourth-order valence-corrected chi connectivity index (χ4v) is 1.17. The molecule has 1 aromatic heterocycles. The van der Waals surface area contributed by atoms with Gasteiger partial charge in [0, 0.05) is 25.7 Å². The van der Waals surface area contributed by atoms with Crippen molar-refractivity contribution < 1.29 is 13.2 Å². The number of aromatic nitrogens is 2. The summed E-state index contributed by atoms with van der Waals surface area (Å²) in [7, 11) is 0. The van der Waals surface area contributed by atoms with Crippen molar-refractivity contribution >= 4 is 0 Å². The first-order valence-electron chi connectivity index (χ1n) is 4.29. The van der Waals surface area contributed by atoms with Crippen LogP contribution in [0.2, 0.25) is 0 Å². The van der Waals surface area contributed by atoms with Gasteiger partial charge in [-0.25, -0.2) is 4.98 Å². The molecule has 0 amide bonds. The van der Waals surface area contributed by atoms with Gasteiger partial charge in [-0.3, -0.25) is 0 Å². The second-order valence-corrected chi connectivity index (χ2v) is 3.00. The van der Waals surface area contributed by atoms with Crippen LogP contribution in [0.1, 0.15) is 18.5 Å². The summed E-state index contributed by atoms with van der Waals surface area (Å²) in [6, 6.07) is 0. The van der Waals surface area contributed by atoms with Crippen LogP contribution in [0.15, 0.2) is 12.5 Å². The molecule has 6 heteroatoms. The Hall–Kier alpha value is -1.04. The fourth-order valence-electron chi connectivity index (χ4n) is 1.17. The number of rotatable bonds is 4. The Labute approximate surface area is 79.7 Å². The Morgan fingerprint density at radius 2 is 2.14 bits per heavy atom. The van der Waals surface area contributed by atoms with Crippen LogP contribution >= 0.6 is 0 Å². The Morgan fingerprint density at radius 3 is 2.71 bits per heavy atom. The first-order chi connectivity index (χ1) is 6.53. The smallest absolute Gasteiger partial charge is 0.333 e. The first kappa shape index (κ1) is 11.0. The zero-order valence-corrected chi connectivity index (χ0v) is 7.59. The van der Waals surface area contributed by atoms with E-state index in [1.54, 1.807) is 10.8 Å². The molecule has 0 bridgehead atoms. The predicted molar refractivity (Wildman–Crippen MR) is 45.4 cm³/mol. The molecule has 0 spiro atoms. The van der Waals surface area contributed by atoms with Gasteiger partial charge in [0.15, 0.2) is 0 Å². The third kappa shape index (κ3) is 3.37. The van der Waals surface area contributed by atoms with Crippen LogP contribution < -0.4 is 5.73 Å². The molecular weight excluding hydrogens is 195 g/mol. The quantitative estimate of drug-likeness (QED) is 0.816. The van der Waals surface area contributed by atoms with Crippen LogP contribution in [-0.4, -0.2) is 15.7 Å². The van der Waals surface area contributed by atoms with Crippen LogP contribution in [0.4, 0.5) is 13.2 Å². The summed E-state index contributed by atoms with van der Waals surface area (Å²) in [4.78, 5) is 3.81. The van der Waals surface area contributed by atoms with E-state index in [2.05, 4.69) is 4.98 Å². The molecule has 0 aromatic carbocycles. The zero-order chi connectivity index (χ0) is 10.6. The minimum Gasteiger partial charge on any atom is -0.333 e. The van der Waals surface area contributed by atoms with E-state index in [4.69, 9.17) is 5.73 Å². The molecule has 1 aromatic rings. The monoisotopic (exact) mass is 207 g/mol. The highest BCUT2D eigenvalue weighted by atomic mass is 19.4. The van der Waals surface area contributed by atoms with Gasteiger partial charge in [0.1, 0.15) is 0 Å². The molecule has 14 heavy (non-hydrogen) atoms. The van der Waals surface area contributed by atoms with Crippen molar-refractivity contribution in [2.45, 2.75) is 32.1 Å². The van der Waals surface area contributed by atoms with Gasteiger partial charge in [-0.2, -0.15) is 13.2 Å². The highest BCUT2D eigenvalue weighted by Gasteiger charge is 2.26. The summed E-state index contributed by atoms with van der Waals surface area (Å²) in [5.74, 6) is 0. The van der Waals surface area contributed by atoms with Crippen molar-refractivity contribution in [1.82, 2.24) is 9.55 Å². The minimum atomic E-state index is -4.08. The van der Waals surface area contributed by atoms with Crippen LogP contribution in [0.25, 0.3) is 0 Å². The Bertz CT molecular complexity index is 280. The molecule has 1 heterocycles. The largest absolute Gasteiger partial charge is 0.389 e. The molecule has 0 aliphatic carbocycles. The number of nitrogens with zero attached hydrogens (tertiary/aromatic N) is 2. The van der Waals surface area contributed by atoms with E-state index in [1.165, 1.54) is 6.33 Å². The van der Waals surface area contributed by atoms with E-state index >= 15 is 0 Å². The van der Waals surface area contributed by atoms with Crippen molar-refractivity contribution in [2.24, 2.45) is 5.73 Å². The lowest BCUT2D eigenvalue weighted by molar-refractivity contribution is -0.135. The molecule has 0 fully saturated rings. The molecule has 0 atom stereocenters. The Balaban J connectivity index is 2.38. The highest BCUT2D eigenvalue weighted by Crippen LogP contribution is 2.21. The third-order valence-corrected chi connectivity index (χ3v) is 1.87. The van der Waals surface area contributed by atoms with Gasteiger partial charge < -0.3 is 10.3 Å². The first-order valence-corrected chi connectivity index (χ1v) is 4.29. The van der Waals surface area contributed by atoms with Crippen molar-refractivity contribution in [3.8, 4) is 0 Å². The van der Waals surface area contributed by atoms with E-state index in [-0.39, 0.29) is 6.42 Å². The fraction of sp³-hybridized carbons (Fsp3) is 0.625. The van der Waals surface area contributed by atoms with E-state index in [0.29, 0.717) is 13.1 Å². The van der Waals surface area contributed by atoms with E-state index in [9.17, 15) is 13.2 Å².